The topological polar surface area (TPSA) is 46.6 Å². The highest BCUT2D eigenvalue weighted by Crippen LogP contribution is 2.32. The quantitative estimate of drug-likeness (QED) is 0.812. The van der Waals surface area contributed by atoms with Gasteiger partial charge in [-0.1, -0.05) is 42.5 Å². The van der Waals surface area contributed by atoms with E-state index in [4.69, 9.17) is 4.74 Å². The van der Waals surface area contributed by atoms with E-state index in [1.165, 1.54) is 0 Å². The minimum absolute atomic E-state index is 0.117. The van der Waals surface area contributed by atoms with Crippen LogP contribution in [0.5, 0.6) is 0 Å². The first-order valence-electron chi connectivity index (χ1n) is 7.52. The van der Waals surface area contributed by atoms with Crippen molar-refractivity contribution in [2.45, 2.75) is 6.92 Å². The number of ether oxygens (including phenoxy) is 1. The Balaban J connectivity index is 1.75. The second kappa shape index (κ2) is 5.09. The summed E-state index contributed by atoms with van der Waals surface area (Å²) >= 11 is 0. The molecule has 114 valence electrons. The largest absolute Gasteiger partial charge is 0.468 e. The SMILES string of the molecule is Cc1ccccc1N1COC2=C(C1)C(=O)c1ccccc1C2=O. The monoisotopic (exact) mass is 305 g/mol. The molecule has 4 heteroatoms. The van der Waals surface area contributed by atoms with Crippen molar-refractivity contribution in [3.8, 4) is 0 Å². The molecule has 1 aliphatic heterocycles. The predicted octanol–water partition coefficient (Wildman–Crippen LogP) is 3.12. The smallest absolute Gasteiger partial charge is 0.228 e. The molecule has 0 amide bonds. The first kappa shape index (κ1) is 13.8. The standard InChI is InChI=1S/C19H15NO3/c1-12-6-2-5-9-16(12)20-10-15-17(21)13-7-3-4-8-14(13)18(22)19(15)23-11-20/h2-9H,10-11H2,1H3. The number of aryl methyl sites for hydroxylation is 1. The summed E-state index contributed by atoms with van der Waals surface area (Å²) in [5.41, 5.74) is 3.46. The summed E-state index contributed by atoms with van der Waals surface area (Å²) < 4.78 is 5.68. The summed E-state index contributed by atoms with van der Waals surface area (Å²) in [6.07, 6.45) is 0. The zero-order chi connectivity index (χ0) is 16.0. The molecule has 0 fully saturated rings. The molecule has 2 aromatic rings. The summed E-state index contributed by atoms with van der Waals surface area (Å²) in [5, 5.41) is 0. The van der Waals surface area contributed by atoms with Crippen LogP contribution in [0.4, 0.5) is 5.69 Å². The molecule has 1 heterocycles. The molecule has 2 aromatic carbocycles. The highest BCUT2D eigenvalue weighted by Gasteiger charge is 2.37. The van der Waals surface area contributed by atoms with Crippen LogP contribution < -0.4 is 4.90 Å². The van der Waals surface area contributed by atoms with E-state index < -0.39 is 0 Å². The fourth-order valence-corrected chi connectivity index (χ4v) is 3.15. The van der Waals surface area contributed by atoms with Crippen LogP contribution in [0.1, 0.15) is 26.3 Å². The number of hydrogen-bond donors (Lipinski definition) is 0. The number of carbonyl (C=O) groups excluding carboxylic acids is 2. The maximum absolute atomic E-state index is 12.7. The second-order valence-electron chi connectivity index (χ2n) is 5.77. The van der Waals surface area contributed by atoms with E-state index >= 15 is 0 Å². The Kier molecular flexibility index (Phi) is 3.05. The lowest BCUT2D eigenvalue weighted by Crippen LogP contribution is -2.40. The van der Waals surface area contributed by atoms with Crippen LogP contribution in [0.3, 0.4) is 0 Å². The van der Waals surface area contributed by atoms with E-state index in [1.807, 2.05) is 36.1 Å². The Bertz CT molecular complexity index is 866. The first-order valence-corrected chi connectivity index (χ1v) is 7.52. The zero-order valence-corrected chi connectivity index (χ0v) is 12.7. The zero-order valence-electron chi connectivity index (χ0n) is 12.7. The lowest BCUT2D eigenvalue weighted by atomic mass is 9.87. The van der Waals surface area contributed by atoms with Crippen LogP contribution in [0.2, 0.25) is 0 Å². The number of Topliss-reactive ketones (excluding diaryl/α,β-unsaturated/α-hetero) is 2. The lowest BCUT2D eigenvalue weighted by Gasteiger charge is -2.34. The molecule has 0 atom stereocenters. The summed E-state index contributed by atoms with van der Waals surface area (Å²) in [6.45, 7) is 2.67. The maximum atomic E-state index is 12.7. The van der Waals surface area contributed by atoms with Gasteiger partial charge in [-0.15, -0.1) is 0 Å². The average molecular weight is 305 g/mol. The molecule has 4 rings (SSSR count). The van der Waals surface area contributed by atoms with Crippen molar-refractivity contribution in [3.05, 3.63) is 76.6 Å². The van der Waals surface area contributed by atoms with Crippen molar-refractivity contribution in [2.24, 2.45) is 0 Å². The third-order valence-corrected chi connectivity index (χ3v) is 4.34. The third kappa shape index (κ3) is 2.06. The van der Waals surface area contributed by atoms with E-state index in [1.54, 1.807) is 24.3 Å². The fourth-order valence-electron chi connectivity index (χ4n) is 3.15. The van der Waals surface area contributed by atoms with Gasteiger partial charge >= 0.3 is 0 Å². The molecule has 0 N–H and O–H groups in total. The number of hydrogen-bond acceptors (Lipinski definition) is 4. The summed E-state index contributed by atoms with van der Waals surface area (Å²) in [6, 6.07) is 14.9. The highest BCUT2D eigenvalue weighted by atomic mass is 16.5. The van der Waals surface area contributed by atoms with Gasteiger partial charge in [-0.05, 0) is 18.6 Å². The van der Waals surface area contributed by atoms with Gasteiger partial charge in [-0.2, -0.15) is 0 Å². The normalized spacial score (nSPS) is 16.8. The van der Waals surface area contributed by atoms with Gasteiger partial charge in [-0.3, -0.25) is 9.59 Å². The number of fused-ring (bicyclic) bond motifs is 1. The number of rotatable bonds is 1. The van der Waals surface area contributed by atoms with Crippen molar-refractivity contribution in [2.75, 3.05) is 18.2 Å². The van der Waals surface area contributed by atoms with Gasteiger partial charge in [0, 0.05) is 16.8 Å². The number of ketones is 2. The third-order valence-electron chi connectivity index (χ3n) is 4.34. The van der Waals surface area contributed by atoms with Gasteiger partial charge < -0.3 is 9.64 Å². The van der Waals surface area contributed by atoms with E-state index in [-0.39, 0.29) is 24.1 Å². The van der Waals surface area contributed by atoms with Crippen LogP contribution in [-0.4, -0.2) is 24.8 Å². The van der Waals surface area contributed by atoms with Crippen molar-refractivity contribution < 1.29 is 14.3 Å². The van der Waals surface area contributed by atoms with Crippen molar-refractivity contribution in [1.82, 2.24) is 0 Å². The molecule has 1 aliphatic carbocycles. The van der Waals surface area contributed by atoms with E-state index in [9.17, 15) is 9.59 Å². The minimum atomic E-state index is -0.195. The van der Waals surface area contributed by atoms with Gasteiger partial charge in [-0.25, -0.2) is 0 Å². The molecule has 0 radical (unpaired) electrons. The summed E-state index contributed by atoms with van der Waals surface area (Å²) in [5.74, 6) is -0.105. The average Bonchev–Trinajstić information content (AvgIpc) is 2.60. The molecule has 2 aliphatic rings. The Morgan fingerprint density at radius 1 is 0.913 bits per heavy atom. The van der Waals surface area contributed by atoms with Gasteiger partial charge in [0.2, 0.25) is 5.78 Å². The molecular weight excluding hydrogens is 290 g/mol. The van der Waals surface area contributed by atoms with Gasteiger partial charge in [0.25, 0.3) is 0 Å². The Labute approximate surface area is 134 Å². The number of allylic oxidation sites excluding steroid dienone is 1. The van der Waals surface area contributed by atoms with Crippen molar-refractivity contribution >= 4 is 17.3 Å². The molecule has 23 heavy (non-hydrogen) atoms. The molecule has 0 spiro atoms. The van der Waals surface area contributed by atoms with Gasteiger partial charge in [0.05, 0.1) is 12.1 Å². The predicted molar refractivity (Wildman–Crippen MR) is 86.6 cm³/mol. The van der Waals surface area contributed by atoms with Crippen LogP contribution in [-0.2, 0) is 4.74 Å². The number of anilines is 1. The molecular formula is C19H15NO3. The van der Waals surface area contributed by atoms with Crippen molar-refractivity contribution in [1.29, 1.82) is 0 Å². The van der Waals surface area contributed by atoms with Crippen molar-refractivity contribution in [3.63, 3.8) is 0 Å². The number of benzene rings is 2. The lowest BCUT2D eigenvalue weighted by molar-refractivity contribution is 0.0847. The highest BCUT2D eigenvalue weighted by molar-refractivity contribution is 6.26. The van der Waals surface area contributed by atoms with Gasteiger partial charge in [0.1, 0.15) is 0 Å². The first-order chi connectivity index (χ1) is 11.2. The maximum Gasteiger partial charge on any atom is 0.228 e. The molecule has 0 unspecified atom stereocenters. The van der Waals surface area contributed by atoms with E-state index in [0.29, 0.717) is 23.2 Å². The number of para-hydroxylation sites is 1. The minimum Gasteiger partial charge on any atom is -0.468 e. The molecule has 0 aromatic heterocycles. The van der Waals surface area contributed by atoms with E-state index in [2.05, 4.69) is 0 Å². The molecule has 0 bridgehead atoms. The summed E-state index contributed by atoms with van der Waals surface area (Å²) in [4.78, 5) is 27.3. The Morgan fingerprint density at radius 3 is 2.30 bits per heavy atom. The molecule has 0 saturated carbocycles. The van der Waals surface area contributed by atoms with Crippen LogP contribution in [0.25, 0.3) is 0 Å². The second-order valence-corrected chi connectivity index (χ2v) is 5.77. The van der Waals surface area contributed by atoms with Gasteiger partial charge in [0.15, 0.2) is 18.3 Å². The molecule has 0 saturated heterocycles. The Morgan fingerprint density at radius 2 is 1.57 bits per heavy atom. The Hall–Kier alpha value is -2.88. The fraction of sp³-hybridized carbons (Fsp3) is 0.158. The molecule has 4 nitrogen and oxygen atoms in total. The number of nitrogens with zero attached hydrogens (tertiary/aromatic N) is 1. The number of carbonyl (C=O) groups is 2. The van der Waals surface area contributed by atoms with Crippen LogP contribution >= 0.6 is 0 Å². The van der Waals surface area contributed by atoms with Crippen LogP contribution in [0, 0.1) is 6.92 Å². The summed E-state index contributed by atoms with van der Waals surface area (Å²) in [7, 11) is 0. The van der Waals surface area contributed by atoms with Crippen LogP contribution in [0.15, 0.2) is 59.9 Å². The van der Waals surface area contributed by atoms with E-state index in [0.717, 1.165) is 11.3 Å².